The van der Waals surface area contributed by atoms with E-state index in [0.717, 1.165) is 27.8 Å². The third-order valence-electron chi connectivity index (χ3n) is 3.82. The predicted octanol–water partition coefficient (Wildman–Crippen LogP) is 3.31. The van der Waals surface area contributed by atoms with Crippen molar-refractivity contribution in [2.75, 3.05) is 24.2 Å². The minimum Gasteiger partial charge on any atom is -0.340 e. The molecule has 5 nitrogen and oxygen atoms in total. The van der Waals surface area contributed by atoms with Gasteiger partial charge in [0, 0.05) is 29.7 Å². The van der Waals surface area contributed by atoms with Crippen molar-refractivity contribution < 1.29 is 0 Å². The van der Waals surface area contributed by atoms with Gasteiger partial charge >= 0.3 is 0 Å². The number of para-hydroxylation sites is 1. The largest absolute Gasteiger partial charge is 0.340 e. The molecular weight excluding hydrogens is 398 g/mol. The average Bonchev–Trinajstić information content (AvgIpc) is 2.73. The molecule has 2 aromatic rings. The van der Waals surface area contributed by atoms with E-state index in [2.05, 4.69) is 51.9 Å². The molecule has 0 saturated heterocycles. The van der Waals surface area contributed by atoms with Crippen molar-refractivity contribution in [2.24, 2.45) is 5.73 Å². The number of hydrogen-bond acceptors (Lipinski definition) is 7. The Kier molecular flexibility index (Phi) is 10.3. The van der Waals surface area contributed by atoms with Crippen LogP contribution in [0, 0.1) is 0 Å². The predicted molar refractivity (Wildman–Crippen MR) is 130 cm³/mol. The lowest BCUT2D eigenvalue weighted by Crippen LogP contribution is -2.30. The van der Waals surface area contributed by atoms with E-state index in [1.54, 1.807) is 27.8 Å². The van der Waals surface area contributed by atoms with E-state index in [9.17, 15) is 0 Å². The van der Waals surface area contributed by atoms with E-state index in [4.69, 9.17) is 5.73 Å². The SMILES string of the molecule is C=CC(=C)CC(=C/CNSSCCN)/C=c1/c(Nc2ccccc2)ncnc1=C. The normalized spacial score (nSPS) is 12.0. The Balaban J connectivity index is 2.29. The molecule has 0 saturated carbocycles. The fourth-order valence-corrected chi connectivity index (χ4v) is 3.79. The average molecular weight is 426 g/mol. The Bertz CT molecular complexity index is 941. The fourth-order valence-electron chi connectivity index (χ4n) is 2.38. The van der Waals surface area contributed by atoms with Crippen LogP contribution in [0.15, 0.2) is 73.1 Å². The van der Waals surface area contributed by atoms with Gasteiger partial charge in [0.05, 0.1) is 5.35 Å². The first-order valence-electron chi connectivity index (χ1n) is 9.18. The van der Waals surface area contributed by atoms with Crippen LogP contribution in [0.1, 0.15) is 6.42 Å². The van der Waals surface area contributed by atoms with Crippen molar-refractivity contribution in [3.63, 3.8) is 0 Å². The van der Waals surface area contributed by atoms with Crippen LogP contribution < -0.4 is 26.3 Å². The van der Waals surface area contributed by atoms with Gasteiger partial charge in [-0.05, 0) is 41.2 Å². The van der Waals surface area contributed by atoms with Gasteiger partial charge in [0.25, 0.3) is 0 Å². The van der Waals surface area contributed by atoms with Crippen LogP contribution in [0.5, 0.6) is 0 Å². The summed E-state index contributed by atoms with van der Waals surface area (Å²) in [5.41, 5.74) is 8.49. The van der Waals surface area contributed by atoms with E-state index in [-0.39, 0.29) is 0 Å². The Morgan fingerprint density at radius 2 is 2.00 bits per heavy atom. The van der Waals surface area contributed by atoms with Gasteiger partial charge in [0.15, 0.2) is 0 Å². The molecule has 29 heavy (non-hydrogen) atoms. The van der Waals surface area contributed by atoms with Crippen LogP contribution in [0.3, 0.4) is 0 Å². The number of aromatic nitrogens is 2. The lowest BCUT2D eigenvalue weighted by atomic mass is 10.0. The molecule has 0 bridgehead atoms. The van der Waals surface area contributed by atoms with Crippen molar-refractivity contribution >= 4 is 45.9 Å². The summed E-state index contributed by atoms with van der Waals surface area (Å²) in [6.07, 6.45) is 8.16. The van der Waals surface area contributed by atoms with Gasteiger partial charge in [-0.2, -0.15) is 0 Å². The summed E-state index contributed by atoms with van der Waals surface area (Å²) in [6.45, 7) is 13.3. The molecule has 0 spiro atoms. The second-order valence-electron chi connectivity index (χ2n) is 6.08. The van der Waals surface area contributed by atoms with Crippen molar-refractivity contribution in [2.45, 2.75) is 6.42 Å². The first-order chi connectivity index (χ1) is 14.1. The van der Waals surface area contributed by atoms with E-state index in [0.29, 0.717) is 30.7 Å². The molecule has 0 atom stereocenters. The third-order valence-corrected chi connectivity index (χ3v) is 5.83. The highest BCUT2D eigenvalue weighted by Crippen LogP contribution is 2.16. The molecule has 0 unspecified atom stereocenters. The van der Waals surface area contributed by atoms with Gasteiger partial charge < -0.3 is 11.1 Å². The van der Waals surface area contributed by atoms with Gasteiger partial charge in [-0.1, -0.05) is 66.5 Å². The summed E-state index contributed by atoms with van der Waals surface area (Å²) >= 11 is 0. The fraction of sp³-hybridized carbons (Fsp3) is 0.182. The van der Waals surface area contributed by atoms with E-state index >= 15 is 0 Å². The third kappa shape index (κ3) is 8.29. The number of allylic oxidation sites excluding steroid dienone is 3. The molecule has 0 aliphatic heterocycles. The molecule has 0 fully saturated rings. The van der Waals surface area contributed by atoms with Crippen LogP contribution in [0.2, 0.25) is 0 Å². The smallest absolute Gasteiger partial charge is 0.141 e. The summed E-state index contributed by atoms with van der Waals surface area (Å²) < 4.78 is 3.31. The molecule has 2 rings (SSSR count). The molecule has 0 amide bonds. The Hall–Kier alpha value is -2.32. The van der Waals surface area contributed by atoms with Gasteiger partial charge in [-0.15, -0.1) is 0 Å². The monoisotopic (exact) mass is 425 g/mol. The van der Waals surface area contributed by atoms with E-state index < -0.39 is 0 Å². The van der Waals surface area contributed by atoms with Crippen LogP contribution in [0.25, 0.3) is 12.7 Å². The molecule has 4 N–H and O–H groups in total. The number of nitrogens with one attached hydrogen (secondary N) is 2. The summed E-state index contributed by atoms with van der Waals surface area (Å²) in [5, 5.41) is 4.86. The minimum atomic E-state index is 0.661. The summed E-state index contributed by atoms with van der Waals surface area (Å²) in [5.74, 6) is 1.63. The van der Waals surface area contributed by atoms with Crippen molar-refractivity contribution in [1.29, 1.82) is 0 Å². The molecular formula is C22H27N5S2. The second kappa shape index (κ2) is 13.0. The number of nitrogens with zero attached hydrogens (tertiary/aromatic N) is 2. The van der Waals surface area contributed by atoms with Gasteiger partial charge in [0.1, 0.15) is 12.1 Å². The van der Waals surface area contributed by atoms with Crippen LogP contribution in [-0.4, -0.2) is 28.8 Å². The maximum atomic E-state index is 5.51. The second-order valence-corrected chi connectivity index (χ2v) is 8.39. The molecule has 152 valence electrons. The number of hydrogen-bond donors (Lipinski definition) is 3. The molecule has 0 aliphatic carbocycles. The Labute approximate surface area is 180 Å². The van der Waals surface area contributed by atoms with Crippen molar-refractivity contribution in [3.8, 4) is 0 Å². The Morgan fingerprint density at radius 3 is 2.72 bits per heavy atom. The zero-order valence-corrected chi connectivity index (χ0v) is 18.1. The first kappa shape index (κ1) is 23.0. The maximum Gasteiger partial charge on any atom is 0.141 e. The molecule has 7 heteroatoms. The standard InChI is InChI=1S/C22H27N5S2/c1-4-17(2)14-19(10-12-26-29-28-13-11-23)15-21-18(3)24-16-25-22(21)27-20-8-6-5-7-9-20/h4-10,15-16,26H,1-3,11-14,23H2,(H,24,25,27)/b19-10-,21-15+. The van der Waals surface area contributed by atoms with E-state index in [1.807, 2.05) is 30.3 Å². The van der Waals surface area contributed by atoms with Crippen LogP contribution in [-0.2, 0) is 0 Å². The lowest BCUT2D eigenvalue weighted by Gasteiger charge is -2.08. The highest BCUT2D eigenvalue weighted by atomic mass is 33.1. The Morgan fingerprint density at radius 1 is 1.21 bits per heavy atom. The topological polar surface area (TPSA) is 75.9 Å². The quantitative estimate of drug-likeness (QED) is 0.208. The summed E-state index contributed by atoms with van der Waals surface area (Å²) in [4.78, 5) is 8.68. The highest BCUT2D eigenvalue weighted by molar-refractivity contribution is 8.76. The zero-order valence-electron chi connectivity index (χ0n) is 16.4. The zero-order chi connectivity index (χ0) is 20.9. The lowest BCUT2D eigenvalue weighted by molar-refractivity contribution is 1.09. The van der Waals surface area contributed by atoms with Crippen molar-refractivity contribution in [1.82, 2.24) is 14.7 Å². The molecule has 0 aliphatic rings. The highest BCUT2D eigenvalue weighted by Gasteiger charge is 2.03. The summed E-state index contributed by atoms with van der Waals surface area (Å²) in [6, 6.07) is 9.91. The minimum absolute atomic E-state index is 0.661. The van der Waals surface area contributed by atoms with Crippen LogP contribution in [0.4, 0.5) is 11.5 Å². The number of rotatable bonds is 12. The van der Waals surface area contributed by atoms with E-state index in [1.165, 1.54) is 6.33 Å². The number of nitrogens with two attached hydrogens (primary N) is 1. The first-order valence-corrected chi connectivity index (χ1v) is 11.5. The van der Waals surface area contributed by atoms with Gasteiger partial charge in [-0.3, -0.25) is 4.72 Å². The number of benzene rings is 1. The molecule has 0 radical (unpaired) electrons. The van der Waals surface area contributed by atoms with Crippen LogP contribution >= 0.6 is 21.8 Å². The molecule has 1 heterocycles. The molecule has 1 aromatic heterocycles. The van der Waals surface area contributed by atoms with Crippen molar-refractivity contribution in [3.05, 3.63) is 83.7 Å². The molecule has 1 aromatic carbocycles. The summed E-state index contributed by atoms with van der Waals surface area (Å²) in [7, 11) is 3.30. The van der Waals surface area contributed by atoms with Gasteiger partial charge in [-0.25, -0.2) is 9.97 Å². The maximum absolute atomic E-state index is 5.51. The van der Waals surface area contributed by atoms with Gasteiger partial charge in [0.2, 0.25) is 0 Å². The number of anilines is 2.